The fraction of sp³-hybridized carbons (Fsp3) is 0.562. The van der Waals surface area contributed by atoms with Gasteiger partial charge in [0.2, 0.25) is 0 Å². The highest BCUT2D eigenvalue weighted by Crippen LogP contribution is 2.29. The van der Waals surface area contributed by atoms with Gasteiger partial charge in [-0.2, -0.15) is 5.26 Å². The highest BCUT2D eigenvalue weighted by molar-refractivity contribution is 5.23. The molecule has 0 spiro atoms. The summed E-state index contributed by atoms with van der Waals surface area (Å²) < 4.78 is 14.1. The molecule has 2 atom stereocenters. The summed E-state index contributed by atoms with van der Waals surface area (Å²) in [5, 5.41) is 8.82. The lowest BCUT2D eigenvalue weighted by Gasteiger charge is -2.38. The molecule has 2 N–H and O–H groups in total. The van der Waals surface area contributed by atoms with Crippen molar-refractivity contribution in [3.05, 3.63) is 35.6 Å². The first-order valence-electron chi connectivity index (χ1n) is 7.15. The minimum atomic E-state index is -0.232. The Labute approximate surface area is 121 Å². The van der Waals surface area contributed by atoms with Crippen LogP contribution in [0.5, 0.6) is 0 Å². The monoisotopic (exact) mass is 277 g/mol. The zero-order valence-corrected chi connectivity index (χ0v) is 12.5. The van der Waals surface area contributed by atoms with Crippen LogP contribution in [-0.2, 0) is 0 Å². The van der Waals surface area contributed by atoms with Crippen LogP contribution in [0.2, 0.25) is 0 Å². The van der Waals surface area contributed by atoms with Gasteiger partial charge in [-0.15, -0.1) is 0 Å². The second-order valence-electron chi connectivity index (χ2n) is 5.28. The maximum absolute atomic E-state index is 14.1. The maximum Gasteiger partial charge on any atom is 0.128 e. The number of benzene rings is 1. The Bertz CT molecular complexity index is 453. The molecule has 0 bridgehead atoms. The highest BCUT2D eigenvalue weighted by Gasteiger charge is 2.29. The fourth-order valence-corrected chi connectivity index (χ4v) is 2.49. The first kappa shape index (κ1) is 16.6. The molecule has 2 unspecified atom stereocenters. The largest absolute Gasteiger partial charge is 0.326 e. The minimum Gasteiger partial charge on any atom is -0.326 e. The average molecular weight is 277 g/mol. The molecule has 0 aliphatic heterocycles. The van der Waals surface area contributed by atoms with Crippen molar-refractivity contribution in [2.75, 3.05) is 6.54 Å². The predicted molar refractivity (Wildman–Crippen MR) is 79.5 cm³/mol. The van der Waals surface area contributed by atoms with Crippen molar-refractivity contribution in [3.8, 4) is 6.07 Å². The van der Waals surface area contributed by atoms with Crippen LogP contribution in [0.25, 0.3) is 0 Å². The Kier molecular flexibility index (Phi) is 6.63. The van der Waals surface area contributed by atoms with E-state index in [-0.39, 0.29) is 23.9 Å². The lowest BCUT2D eigenvalue weighted by atomic mass is 9.94. The first-order chi connectivity index (χ1) is 9.52. The third-order valence-corrected chi connectivity index (χ3v) is 3.60. The Morgan fingerprint density at radius 2 is 2.00 bits per heavy atom. The van der Waals surface area contributed by atoms with Gasteiger partial charge in [-0.3, -0.25) is 4.90 Å². The van der Waals surface area contributed by atoms with Crippen LogP contribution in [0.4, 0.5) is 4.39 Å². The molecule has 0 heterocycles. The number of halogens is 1. The van der Waals surface area contributed by atoms with Crippen molar-refractivity contribution in [1.29, 1.82) is 5.26 Å². The standard InChI is InChI=1S/C16H24FN3/c1-4-15(19)16(13-8-5-6-9-14(13)17)20(12(2)3)11-7-10-18/h5-6,8-9,12,15-16H,4,7,11,19H2,1-3H3. The first-order valence-corrected chi connectivity index (χ1v) is 7.15. The lowest BCUT2D eigenvalue weighted by molar-refractivity contribution is 0.130. The van der Waals surface area contributed by atoms with Gasteiger partial charge in [0.05, 0.1) is 12.1 Å². The Balaban J connectivity index is 3.16. The maximum atomic E-state index is 14.1. The molecule has 0 aliphatic rings. The summed E-state index contributed by atoms with van der Waals surface area (Å²) in [6, 6.07) is 8.76. The zero-order chi connectivity index (χ0) is 15.1. The van der Waals surface area contributed by atoms with E-state index in [0.717, 1.165) is 6.42 Å². The van der Waals surface area contributed by atoms with E-state index in [0.29, 0.717) is 18.5 Å². The molecule has 3 nitrogen and oxygen atoms in total. The van der Waals surface area contributed by atoms with E-state index < -0.39 is 0 Å². The van der Waals surface area contributed by atoms with Gasteiger partial charge in [0.25, 0.3) is 0 Å². The van der Waals surface area contributed by atoms with Crippen molar-refractivity contribution < 1.29 is 4.39 Å². The number of rotatable bonds is 7. The van der Waals surface area contributed by atoms with E-state index in [1.165, 1.54) is 6.07 Å². The molecule has 4 heteroatoms. The molecule has 1 aromatic rings. The molecule has 0 radical (unpaired) electrons. The van der Waals surface area contributed by atoms with E-state index in [1.54, 1.807) is 12.1 Å². The van der Waals surface area contributed by atoms with Crippen molar-refractivity contribution in [2.45, 2.75) is 51.7 Å². The Morgan fingerprint density at radius 1 is 1.35 bits per heavy atom. The summed E-state index contributed by atoms with van der Waals surface area (Å²) >= 11 is 0. The number of nitrogens with two attached hydrogens (primary N) is 1. The van der Waals surface area contributed by atoms with Crippen molar-refractivity contribution in [2.24, 2.45) is 5.73 Å². The molecule has 0 aromatic heterocycles. The summed E-state index contributed by atoms with van der Waals surface area (Å²) in [7, 11) is 0. The van der Waals surface area contributed by atoms with Gasteiger partial charge in [0.15, 0.2) is 0 Å². The Morgan fingerprint density at radius 3 is 2.50 bits per heavy atom. The number of nitriles is 1. The van der Waals surface area contributed by atoms with Crippen LogP contribution < -0.4 is 5.73 Å². The van der Waals surface area contributed by atoms with Crippen LogP contribution in [-0.4, -0.2) is 23.5 Å². The summed E-state index contributed by atoms with van der Waals surface area (Å²) in [5.74, 6) is -0.232. The molecule has 1 aromatic carbocycles. The van der Waals surface area contributed by atoms with Crippen molar-refractivity contribution in [1.82, 2.24) is 4.90 Å². The van der Waals surface area contributed by atoms with Gasteiger partial charge in [-0.05, 0) is 26.3 Å². The quantitative estimate of drug-likeness (QED) is 0.832. The second-order valence-corrected chi connectivity index (χ2v) is 5.28. The molecular formula is C16H24FN3. The fourth-order valence-electron chi connectivity index (χ4n) is 2.49. The summed E-state index contributed by atoms with van der Waals surface area (Å²) in [6.45, 7) is 6.70. The van der Waals surface area contributed by atoms with Gasteiger partial charge in [-0.1, -0.05) is 25.1 Å². The molecule has 0 amide bonds. The molecule has 0 fully saturated rings. The third-order valence-electron chi connectivity index (χ3n) is 3.60. The lowest BCUT2D eigenvalue weighted by Crippen LogP contribution is -2.45. The van der Waals surface area contributed by atoms with Gasteiger partial charge in [0, 0.05) is 30.6 Å². The summed E-state index contributed by atoms with van der Waals surface area (Å²) in [4.78, 5) is 2.12. The van der Waals surface area contributed by atoms with E-state index in [9.17, 15) is 4.39 Å². The van der Waals surface area contributed by atoms with Crippen LogP contribution >= 0.6 is 0 Å². The van der Waals surface area contributed by atoms with E-state index in [1.807, 2.05) is 26.8 Å². The van der Waals surface area contributed by atoms with Gasteiger partial charge < -0.3 is 5.73 Å². The predicted octanol–water partition coefficient (Wildman–Crippen LogP) is 3.23. The molecule has 110 valence electrons. The highest BCUT2D eigenvalue weighted by atomic mass is 19.1. The molecule has 0 saturated carbocycles. The molecular weight excluding hydrogens is 253 g/mol. The number of nitrogens with zero attached hydrogens (tertiary/aromatic N) is 2. The second kappa shape index (κ2) is 7.98. The summed E-state index contributed by atoms with van der Waals surface area (Å²) in [6.07, 6.45) is 1.17. The molecule has 0 saturated heterocycles. The molecule has 20 heavy (non-hydrogen) atoms. The van der Waals surface area contributed by atoms with Crippen LogP contribution in [0.1, 0.15) is 45.2 Å². The Hall–Kier alpha value is -1.44. The number of hydrogen-bond donors (Lipinski definition) is 1. The van der Waals surface area contributed by atoms with E-state index in [4.69, 9.17) is 11.0 Å². The van der Waals surface area contributed by atoms with Gasteiger partial charge >= 0.3 is 0 Å². The summed E-state index contributed by atoms with van der Waals surface area (Å²) in [5.41, 5.74) is 6.86. The van der Waals surface area contributed by atoms with E-state index in [2.05, 4.69) is 11.0 Å². The third kappa shape index (κ3) is 4.03. The van der Waals surface area contributed by atoms with Crippen molar-refractivity contribution in [3.63, 3.8) is 0 Å². The minimum absolute atomic E-state index is 0.159. The van der Waals surface area contributed by atoms with Crippen LogP contribution in [0.15, 0.2) is 24.3 Å². The normalized spacial score (nSPS) is 14.3. The number of hydrogen-bond acceptors (Lipinski definition) is 3. The molecule has 0 aliphatic carbocycles. The van der Waals surface area contributed by atoms with Gasteiger partial charge in [0.1, 0.15) is 5.82 Å². The zero-order valence-electron chi connectivity index (χ0n) is 12.5. The average Bonchev–Trinajstić information content (AvgIpc) is 2.43. The van der Waals surface area contributed by atoms with Crippen LogP contribution in [0.3, 0.4) is 0 Å². The van der Waals surface area contributed by atoms with Gasteiger partial charge in [-0.25, -0.2) is 4.39 Å². The molecule has 1 rings (SSSR count). The van der Waals surface area contributed by atoms with Crippen molar-refractivity contribution >= 4 is 0 Å². The smallest absolute Gasteiger partial charge is 0.128 e. The SMILES string of the molecule is CCC(N)C(c1ccccc1F)N(CCC#N)C(C)C. The van der Waals surface area contributed by atoms with E-state index >= 15 is 0 Å². The van der Waals surface area contributed by atoms with Crippen LogP contribution in [0, 0.1) is 17.1 Å². The topological polar surface area (TPSA) is 53.0 Å².